The van der Waals surface area contributed by atoms with Crippen molar-refractivity contribution >= 4 is 11.8 Å². The molecule has 0 saturated carbocycles. The highest BCUT2D eigenvalue weighted by molar-refractivity contribution is 5.97. The molecule has 0 unspecified atom stereocenters. The van der Waals surface area contributed by atoms with Crippen LogP contribution in [0.3, 0.4) is 0 Å². The molecular formula is C8H16N3O2. The summed E-state index contributed by atoms with van der Waals surface area (Å²) in [7, 11) is 0. The maximum absolute atomic E-state index is 11.1. The Hall–Kier alpha value is -1.10. The van der Waals surface area contributed by atoms with Gasteiger partial charge < -0.3 is 10.6 Å². The number of rotatable bonds is 3. The van der Waals surface area contributed by atoms with Crippen molar-refractivity contribution in [2.45, 2.75) is 32.7 Å². The summed E-state index contributed by atoms with van der Waals surface area (Å²) in [6, 6.07) is 0. The largest absolute Gasteiger partial charge is 0.351 e. The third kappa shape index (κ3) is 7.27. The van der Waals surface area contributed by atoms with Gasteiger partial charge >= 0.3 is 0 Å². The van der Waals surface area contributed by atoms with Gasteiger partial charge in [-0.05, 0) is 20.8 Å². The fraction of sp³-hybridized carbons (Fsp3) is 0.750. The molecule has 0 fully saturated rings. The zero-order valence-corrected chi connectivity index (χ0v) is 8.23. The molecule has 0 atom stereocenters. The molecule has 75 valence electrons. The van der Waals surface area contributed by atoms with Crippen LogP contribution < -0.4 is 16.4 Å². The molecular weight excluding hydrogens is 170 g/mol. The third-order valence-corrected chi connectivity index (χ3v) is 1.12. The van der Waals surface area contributed by atoms with E-state index >= 15 is 0 Å². The van der Waals surface area contributed by atoms with Crippen LogP contribution >= 0.6 is 0 Å². The molecule has 5 heteroatoms. The van der Waals surface area contributed by atoms with Gasteiger partial charge in [0.15, 0.2) is 0 Å². The first-order valence-corrected chi connectivity index (χ1v) is 4.07. The summed E-state index contributed by atoms with van der Waals surface area (Å²) < 4.78 is 0. The van der Waals surface area contributed by atoms with Gasteiger partial charge in [0.05, 0.1) is 6.67 Å². The van der Waals surface area contributed by atoms with Gasteiger partial charge in [-0.15, -0.1) is 0 Å². The number of hydrogen-bond donors (Lipinski definition) is 2. The molecule has 0 heterocycles. The molecule has 0 aliphatic heterocycles. The Kier molecular flexibility index (Phi) is 4.40. The highest BCUT2D eigenvalue weighted by Crippen LogP contribution is 1.98. The molecule has 13 heavy (non-hydrogen) atoms. The monoisotopic (exact) mass is 186 g/mol. The van der Waals surface area contributed by atoms with Crippen molar-refractivity contribution in [1.29, 1.82) is 0 Å². The molecule has 0 aliphatic carbocycles. The molecule has 1 radical (unpaired) electrons. The molecule has 3 N–H and O–H groups in total. The molecule has 0 aliphatic rings. The van der Waals surface area contributed by atoms with E-state index in [-0.39, 0.29) is 24.5 Å². The lowest BCUT2D eigenvalue weighted by Crippen LogP contribution is -2.42. The SMILES string of the molecule is CC(C)(C)NC(=O)CC(=O)NC[NH]. The Morgan fingerprint density at radius 1 is 1.23 bits per heavy atom. The fourth-order valence-corrected chi connectivity index (χ4v) is 0.769. The fourth-order valence-electron chi connectivity index (χ4n) is 0.769. The van der Waals surface area contributed by atoms with Gasteiger partial charge in [-0.25, -0.2) is 5.73 Å². The van der Waals surface area contributed by atoms with Crippen molar-refractivity contribution in [2.24, 2.45) is 0 Å². The van der Waals surface area contributed by atoms with Crippen LogP contribution in [0, 0.1) is 0 Å². The zero-order chi connectivity index (χ0) is 10.5. The number of carbonyl (C=O) groups is 2. The quantitative estimate of drug-likeness (QED) is 0.590. The molecule has 5 nitrogen and oxygen atoms in total. The van der Waals surface area contributed by atoms with Crippen LogP contribution in [0.5, 0.6) is 0 Å². The first kappa shape index (κ1) is 11.9. The first-order chi connectivity index (χ1) is 5.85. The van der Waals surface area contributed by atoms with Crippen LogP contribution in [-0.4, -0.2) is 24.0 Å². The predicted octanol–water partition coefficient (Wildman–Crippen LogP) is -0.352. The lowest BCUT2D eigenvalue weighted by atomic mass is 10.1. The van der Waals surface area contributed by atoms with Crippen molar-refractivity contribution in [3.63, 3.8) is 0 Å². The van der Waals surface area contributed by atoms with Gasteiger partial charge in [-0.3, -0.25) is 9.59 Å². The van der Waals surface area contributed by atoms with Crippen LogP contribution in [0.15, 0.2) is 0 Å². The number of carbonyl (C=O) groups excluding carboxylic acids is 2. The minimum atomic E-state index is -0.420. The van der Waals surface area contributed by atoms with Gasteiger partial charge in [0.25, 0.3) is 0 Å². The van der Waals surface area contributed by atoms with Gasteiger partial charge in [-0.2, -0.15) is 0 Å². The molecule has 0 rings (SSSR count). The van der Waals surface area contributed by atoms with Crippen molar-refractivity contribution in [2.75, 3.05) is 6.67 Å². The minimum Gasteiger partial charge on any atom is -0.351 e. The van der Waals surface area contributed by atoms with Crippen molar-refractivity contribution in [1.82, 2.24) is 16.4 Å². The van der Waals surface area contributed by atoms with E-state index in [1.807, 2.05) is 20.8 Å². The maximum Gasteiger partial charge on any atom is 0.230 e. The van der Waals surface area contributed by atoms with E-state index in [0.717, 1.165) is 0 Å². The second-order valence-corrected chi connectivity index (χ2v) is 3.75. The Morgan fingerprint density at radius 3 is 2.15 bits per heavy atom. The van der Waals surface area contributed by atoms with Gasteiger partial charge in [0.2, 0.25) is 11.8 Å². The second kappa shape index (κ2) is 4.81. The van der Waals surface area contributed by atoms with Gasteiger partial charge in [-0.1, -0.05) is 0 Å². The summed E-state index contributed by atoms with van der Waals surface area (Å²) in [6.45, 7) is 5.33. The molecule has 0 aromatic rings. The van der Waals surface area contributed by atoms with Crippen LogP contribution in [0.25, 0.3) is 0 Å². The summed E-state index contributed by atoms with van der Waals surface area (Å²) in [6.07, 6.45) is -0.212. The Morgan fingerprint density at radius 2 is 1.77 bits per heavy atom. The normalized spacial score (nSPS) is 10.8. The van der Waals surface area contributed by atoms with Crippen LogP contribution in [0.2, 0.25) is 0 Å². The summed E-state index contributed by atoms with van der Waals surface area (Å²) in [5, 5.41) is 4.88. The van der Waals surface area contributed by atoms with E-state index in [4.69, 9.17) is 5.73 Å². The lowest BCUT2D eigenvalue weighted by molar-refractivity contribution is -0.130. The standard InChI is InChI=1S/C8H16N3O2/c1-8(2,3)11-7(13)4-6(12)10-5-9/h9H,4-5H2,1-3H3,(H,10,12)(H,11,13). The number of hydrogen-bond acceptors (Lipinski definition) is 2. The molecule has 0 spiro atoms. The average molecular weight is 186 g/mol. The van der Waals surface area contributed by atoms with E-state index in [0.29, 0.717) is 0 Å². The average Bonchev–Trinajstić information content (AvgIpc) is 1.81. The van der Waals surface area contributed by atoms with Crippen LogP contribution in [-0.2, 0) is 9.59 Å². The van der Waals surface area contributed by atoms with Gasteiger partial charge in [0.1, 0.15) is 6.42 Å². The van der Waals surface area contributed by atoms with Crippen LogP contribution in [0.1, 0.15) is 27.2 Å². The second-order valence-electron chi connectivity index (χ2n) is 3.75. The molecule has 0 aromatic carbocycles. The molecule has 2 amide bonds. The number of nitrogens with one attached hydrogen (secondary N) is 3. The Balaban J connectivity index is 3.82. The highest BCUT2D eigenvalue weighted by atomic mass is 16.2. The Bertz CT molecular complexity index is 196. The summed E-state index contributed by atoms with van der Waals surface area (Å²) in [5.41, 5.74) is 6.37. The minimum absolute atomic E-state index is 0.193. The highest BCUT2D eigenvalue weighted by Gasteiger charge is 2.15. The van der Waals surface area contributed by atoms with Crippen LogP contribution in [0.4, 0.5) is 0 Å². The van der Waals surface area contributed by atoms with E-state index in [2.05, 4.69) is 10.6 Å². The predicted molar refractivity (Wildman–Crippen MR) is 48.6 cm³/mol. The van der Waals surface area contributed by atoms with Crippen molar-refractivity contribution in [3.05, 3.63) is 0 Å². The van der Waals surface area contributed by atoms with E-state index in [1.54, 1.807) is 0 Å². The molecule has 0 saturated heterocycles. The maximum atomic E-state index is 11.1. The summed E-state index contributed by atoms with van der Waals surface area (Å²) in [4.78, 5) is 22.0. The Labute approximate surface area is 78.1 Å². The smallest absolute Gasteiger partial charge is 0.230 e. The lowest BCUT2D eigenvalue weighted by Gasteiger charge is -2.20. The van der Waals surface area contributed by atoms with Crippen molar-refractivity contribution < 1.29 is 9.59 Å². The third-order valence-electron chi connectivity index (χ3n) is 1.12. The molecule has 0 bridgehead atoms. The zero-order valence-electron chi connectivity index (χ0n) is 8.23. The van der Waals surface area contributed by atoms with E-state index in [9.17, 15) is 9.59 Å². The summed E-state index contributed by atoms with van der Waals surface area (Å²) in [5.74, 6) is -0.741. The molecule has 0 aromatic heterocycles. The number of amides is 2. The summed E-state index contributed by atoms with van der Waals surface area (Å²) >= 11 is 0. The topological polar surface area (TPSA) is 82.0 Å². The van der Waals surface area contributed by atoms with Gasteiger partial charge in [0, 0.05) is 5.54 Å². The first-order valence-electron chi connectivity index (χ1n) is 4.07. The van der Waals surface area contributed by atoms with E-state index in [1.165, 1.54) is 0 Å². The van der Waals surface area contributed by atoms with E-state index < -0.39 is 5.91 Å². The van der Waals surface area contributed by atoms with Crippen molar-refractivity contribution in [3.8, 4) is 0 Å².